The third-order valence-corrected chi connectivity index (χ3v) is 5.59. The highest BCUT2D eigenvalue weighted by Gasteiger charge is 2.21. The first kappa shape index (κ1) is 17.3. The molecule has 24 heavy (non-hydrogen) atoms. The van der Waals surface area contributed by atoms with Gasteiger partial charge in [-0.05, 0) is 43.6 Å². The van der Waals surface area contributed by atoms with Crippen molar-refractivity contribution in [3.05, 3.63) is 29.8 Å². The minimum Gasteiger partial charge on any atom is -0.341 e. The van der Waals surface area contributed by atoms with Gasteiger partial charge >= 0.3 is 0 Å². The Bertz CT molecular complexity index is 513. The second-order valence-electron chi connectivity index (χ2n) is 6.38. The first-order chi connectivity index (χ1) is 11.7. The first-order valence-electron chi connectivity index (χ1n) is 8.68. The van der Waals surface area contributed by atoms with Crippen LogP contribution in [0.4, 0.5) is 5.69 Å². The minimum absolute atomic E-state index is 0.101. The molecule has 2 amide bonds. The van der Waals surface area contributed by atoms with Crippen LogP contribution in [0, 0.1) is 5.92 Å². The van der Waals surface area contributed by atoms with Crippen LogP contribution in [0.25, 0.3) is 0 Å². The van der Waals surface area contributed by atoms with Crippen LogP contribution >= 0.6 is 11.8 Å². The molecule has 0 unspecified atom stereocenters. The molecule has 130 valence electrons. The normalized spacial score (nSPS) is 19.1. The van der Waals surface area contributed by atoms with Crippen molar-refractivity contribution in [3.8, 4) is 0 Å². The van der Waals surface area contributed by atoms with E-state index in [4.69, 9.17) is 0 Å². The third kappa shape index (κ3) is 4.74. The van der Waals surface area contributed by atoms with E-state index in [2.05, 4.69) is 10.6 Å². The highest BCUT2D eigenvalue weighted by Crippen LogP contribution is 2.17. The number of hydrogen-bond donors (Lipinski definition) is 2. The number of carbonyl (C=O) groups excluding carboxylic acids is 2. The highest BCUT2D eigenvalue weighted by molar-refractivity contribution is 7.99. The van der Waals surface area contributed by atoms with E-state index in [1.54, 1.807) is 0 Å². The summed E-state index contributed by atoms with van der Waals surface area (Å²) in [5.41, 5.74) is 1.81. The van der Waals surface area contributed by atoms with Gasteiger partial charge in [0, 0.05) is 36.2 Å². The van der Waals surface area contributed by atoms with Crippen LogP contribution in [0.1, 0.15) is 18.4 Å². The molecule has 2 heterocycles. The van der Waals surface area contributed by atoms with Crippen LogP contribution in [0.3, 0.4) is 0 Å². The lowest BCUT2D eigenvalue weighted by molar-refractivity contribution is -0.130. The van der Waals surface area contributed by atoms with E-state index in [0.717, 1.165) is 61.8 Å². The van der Waals surface area contributed by atoms with Crippen LogP contribution in [0.2, 0.25) is 0 Å². The van der Waals surface area contributed by atoms with Gasteiger partial charge < -0.3 is 15.5 Å². The van der Waals surface area contributed by atoms with Crippen molar-refractivity contribution >= 4 is 29.3 Å². The SMILES string of the molecule is O=C(Nc1ccc(CC(=O)N2CCSCC2)cc1)C1CCNCC1. The summed E-state index contributed by atoms with van der Waals surface area (Å²) in [7, 11) is 0. The van der Waals surface area contributed by atoms with E-state index >= 15 is 0 Å². The average Bonchev–Trinajstić information content (AvgIpc) is 2.65. The number of rotatable bonds is 4. The summed E-state index contributed by atoms with van der Waals surface area (Å²) in [6.07, 6.45) is 2.23. The van der Waals surface area contributed by atoms with Crippen LogP contribution in [-0.4, -0.2) is 54.4 Å². The molecule has 2 aliphatic heterocycles. The second-order valence-corrected chi connectivity index (χ2v) is 7.61. The van der Waals surface area contributed by atoms with E-state index in [0.29, 0.717) is 6.42 Å². The molecule has 0 aliphatic carbocycles. The molecule has 0 spiro atoms. The van der Waals surface area contributed by atoms with Gasteiger partial charge in [0.1, 0.15) is 0 Å². The fourth-order valence-electron chi connectivity index (χ4n) is 3.13. The second kappa shape index (κ2) is 8.53. The van der Waals surface area contributed by atoms with Gasteiger partial charge in [0.15, 0.2) is 0 Å². The molecule has 0 atom stereocenters. The Morgan fingerprint density at radius 2 is 1.79 bits per heavy atom. The number of nitrogens with zero attached hydrogens (tertiary/aromatic N) is 1. The Hall–Kier alpha value is -1.53. The van der Waals surface area contributed by atoms with Gasteiger partial charge in [-0.25, -0.2) is 0 Å². The van der Waals surface area contributed by atoms with Crippen molar-refractivity contribution in [2.45, 2.75) is 19.3 Å². The summed E-state index contributed by atoms with van der Waals surface area (Å²) in [6.45, 7) is 3.53. The molecular weight excluding hydrogens is 322 g/mol. The van der Waals surface area contributed by atoms with Gasteiger partial charge in [-0.2, -0.15) is 11.8 Å². The lowest BCUT2D eigenvalue weighted by atomic mass is 9.97. The zero-order valence-corrected chi connectivity index (χ0v) is 14.7. The molecule has 2 N–H and O–H groups in total. The topological polar surface area (TPSA) is 61.4 Å². The number of thioether (sulfide) groups is 1. The predicted molar refractivity (Wildman–Crippen MR) is 98.3 cm³/mol. The Labute approximate surface area is 147 Å². The van der Waals surface area contributed by atoms with E-state index < -0.39 is 0 Å². The van der Waals surface area contributed by atoms with Gasteiger partial charge in [0.25, 0.3) is 0 Å². The maximum Gasteiger partial charge on any atom is 0.227 e. The number of amides is 2. The number of carbonyl (C=O) groups is 2. The molecule has 5 nitrogen and oxygen atoms in total. The highest BCUT2D eigenvalue weighted by atomic mass is 32.2. The molecule has 0 aromatic heterocycles. The maximum absolute atomic E-state index is 12.3. The standard InChI is InChI=1S/C18H25N3O2S/c22-17(21-9-11-24-12-10-21)13-14-1-3-16(4-2-14)20-18(23)15-5-7-19-8-6-15/h1-4,15,19H,5-13H2,(H,20,23). The Kier molecular flexibility index (Phi) is 6.15. The maximum atomic E-state index is 12.3. The number of piperidine rings is 1. The lowest BCUT2D eigenvalue weighted by Crippen LogP contribution is -2.38. The van der Waals surface area contributed by atoms with E-state index in [1.165, 1.54) is 0 Å². The van der Waals surface area contributed by atoms with Gasteiger partial charge in [-0.1, -0.05) is 12.1 Å². The average molecular weight is 347 g/mol. The van der Waals surface area contributed by atoms with Crippen molar-refractivity contribution in [2.75, 3.05) is 43.0 Å². The van der Waals surface area contributed by atoms with Gasteiger partial charge in [0.2, 0.25) is 11.8 Å². The third-order valence-electron chi connectivity index (χ3n) is 4.65. The molecule has 1 aromatic carbocycles. The first-order valence-corrected chi connectivity index (χ1v) is 9.84. The van der Waals surface area contributed by atoms with Crippen molar-refractivity contribution < 1.29 is 9.59 Å². The van der Waals surface area contributed by atoms with Crippen molar-refractivity contribution in [3.63, 3.8) is 0 Å². The zero-order chi connectivity index (χ0) is 16.8. The molecular formula is C18H25N3O2S. The summed E-state index contributed by atoms with van der Waals surface area (Å²) in [5.74, 6) is 2.47. The van der Waals surface area contributed by atoms with Crippen LogP contribution in [-0.2, 0) is 16.0 Å². The summed E-state index contributed by atoms with van der Waals surface area (Å²) in [4.78, 5) is 26.5. The number of anilines is 1. The molecule has 2 saturated heterocycles. The smallest absolute Gasteiger partial charge is 0.227 e. The zero-order valence-electron chi connectivity index (χ0n) is 13.9. The Morgan fingerprint density at radius 3 is 2.46 bits per heavy atom. The van der Waals surface area contributed by atoms with Crippen LogP contribution in [0.15, 0.2) is 24.3 Å². The minimum atomic E-state index is 0.101. The summed E-state index contributed by atoms with van der Waals surface area (Å²) in [6, 6.07) is 7.67. The monoisotopic (exact) mass is 347 g/mol. The largest absolute Gasteiger partial charge is 0.341 e. The van der Waals surface area contributed by atoms with Crippen molar-refractivity contribution in [1.29, 1.82) is 0 Å². The summed E-state index contributed by atoms with van der Waals surface area (Å²) in [5, 5.41) is 6.26. The fraction of sp³-hybridized carbons (Fsp3) is 0.556. The number of benzene rings is 1. The molecule has 2 fully saturated rings. The van der Waals surface area contributed by atoms with Crippen LogP contribution < -0.4 is 10.6 Å². The molecule has 2 aliphatic rings. The fourth-order valence-corrected chi connectivity index (χ4v) is 4.04. The van der Waals surface area contributed by atoms with Crippen molar-refractivity contribution in [1.82, 2.24) is 10.2 Å². The van der Waals surface area contributed by atoms with Gasteiger partial charge in [-0.3, -0.25) is 9.59 Å². The molecule has 0 bridgehead atoms. The van der Waals surface area contributed by atoms with E-state index in [1.807, 2.05) is 40.9 Å². The lowest BCUT2D eigenvalue weighted by Gasteiger charge is -2.26. The molecule has 6 heteroatoms. The quantitative estimate of drug-likeness (QED) is 0.871. The number of hydrogen-bond acceptors (Lipinski definition) is 4. The Balaban J connectivity index is 1.51. The Morgan fingerprint density at radius 1 is 1.12 bits per heavy atom. The van der Waals surface area contributed by atoms with E-state index in [-0.39, 0.29) is 17.7 Å². The predicted octanol–water partition coefficient (Wildman–Crippen LogP) is 1.74. The molecule has 1 aromatic rings. The molecule has 3 rings (SSSR count). The van der Waals surface area contributed by atoms with Gasteiger partial charge in [0.05, 0.1) is 6.42 Å². The summed E-state index contributed by atoms with van der Waals surface area (Å²) >= 11 is 1.90. The number of nitrogens with one attached hydrogen (secondary N) is 2. The molecule has 0 radical (unpaired) electrons. The molecule has 0 saturated carbocycles. The van der Waals surface area contributed by atoms with E-state index in [9.17, 15) is 9.59 Å². The van der Waals surface area contributed by atoms with Crippen LogP contribution in [0.5, 0.6) is 0 Å². The van der Waals surface area contributed by atoms with Crippen molar-refractivity contribution in [2.24, 2.45) is 5.92 Å². The summed E-state index contributed by atoms with van der Waals surface area (Å²) < 4.78 is 0. The van der Waals surface area contributed by atoms with Gasteiger partial charge in [-0.15, -0.1) is 0 Å².